The first-order valence-electron chi connectivity index (χ1n) is 5.36. The Bertz CT molecular complexity index is 570. The smallest absolute Gasteiger partial charge is 0.0843 e. The van der Waals surface area contributed by atoms with Crippen molar-refractivity contribution in [2.45, 2.75) is 12.5 Å². The zero-order chi connectivity index (χ0) is 14.0. The van der Waals surface area contributed by atoms with Gasteiger partial charge in [0.15, 0.2) is 0 Å². The van der Waals surface area contributed by atoms with E-state index >= 15 is 0 Å². The molecule has 0 bridgehead atoms. The Morgan fingerprint density at radius 2 is 2.05 bits per heavy atom. The average molecular weight is 445 g/mol. The Morgan fingerprint density at radius 3 is 2.63 bits per heavy atom. The average Bonchev–Trinajstić information content (AvgIpc) is 2.71. The van der Waals surface area contributed by atoms with E-state index in [0.29, 0.717) is 16.5 Å². The molecule has 0 aliphatic heterocycles. The SMILES string of the molecule is NNC(Cc1cccc(Cl)c1Cl)c1cc(Br)c(Br)s1. The van der Waals surface area contributed by atoms with Gasteiger partial charge in [-0.2, -0.15) is 0 Å². The van der Waals surface area contributed by atoms with Crippen LogP contribution in [0.4, 0.5) is 0 Å². The number of halogens is 4. The fourth-order valence-corrected chi connectivity index (χ4v) is 4.25. The number of thiophene rings is 1. The molecule has 1 atom stereocenters. The van der Waals surface area contributed by atoms with Gasteiger partial charge in [0.25, 0.3) is 0 Å². The number of hydrogen-bond donors (Lipinski definition) is 2. The molecule has 1 aromatic heterocycles. The summed E-state index contributed by atoms with van der Waals surface area (Å²) in [5.74, 6) is 5.65. The summed E-state index contributed by atoms with van der Waals surface area (Å²) >= 11 is 20.8. The molecule has 0 saturated carbocycles. The minimum atomic E-state index is -0.0106. The summed E-state index contributed by atoms with van der Waals surface area (Å²) in [6.45, 7) is 0. The third-order valence-electron chi connectivity index (χ3n) is 2.66. The molecule has 2 aromatic rings. The van der Waals surface area contributed by atoms with Gasteiger partial charge in [0.05, 0.1) is 19.9 Å². The fraction of sp³-hybridized carbons (Fsp3) is 0.167. The Morgan fingerprint density at radius 1 is 1.32 bits per heavy atom. The van der Waals surface area contributed by atoms with Gasteiger partial charge in [-0.25, -0.2) is 0 Å². The van der Waals surface area contributed by atoms with Gasteiger partial charge < -0.3 is 0 Å². The molecule has 0 amide bonds. The van der Waals surface area contributed by atoms with E-state index in [9.17, 15) is 0 Å². The summed E-state index contributed by atoms with van der Waals surface area (Å²) in [5.41, 5.74) is 3.79. The Balaban J connectivity index is 2.26. The Hall–Kier alpha value is 0.380. The molecule has 0 aliphatic carbocycles. The first-order chi connectivity index (χ1) is 9.02. The molecule has 1 unspecified atom stereocenters. The normalized spacial score (nSPS) is 12.7. The monoisotopic (exact) mass is 442 g/mol. The van der Waals surface area contributed by atoms with E-state index in [1.807, 2.05) is 18.2 Å². The molecule has 0 aliphatic rings. The predicted molar refractivity (Wildman–Crippen MR) is 89.9 cm³/mol. The number of hydrogen-bond acceptors (Lipinski definition) is 3. The van der Waals surface area contributed by atoms with E-state index in [0.717, 1.165) is 18.7 Å². The highest BCUT2D eigenvalue weighted by Gasteiger charge is 2.17. The summed E-state index contributed by atoms with van der Waals surface area (Å²) in [4.78, 5) is 1.12. The second kappa shape index (κ2) is 6.89. The van der Waals surface area contributed by atoms with Crippen molar-refractivity contribution in [2.24, 2.45) is 5.84 Å². The van der Waals surface area contributed by atoms with Gasteiger partial charge in [-0.1, -0.05) is 35.3 Å². The van der Waals surface area contributed by atoms with Crippen LogP contribution in [0.5, 0.6) is 0 Å². The summed E-state index contributed by atoms with van der Waals surface area (Å²) in [6.07, 6.45) is 0.676. The van der Waals surface area contributed by atoms with Crippen LogP contribution in [0.3, 0.4) is 0 Å². The molecule has 2 nitrogen and oxygen atoms in total. The third kappa shape index (κ3) is 3.73. The maximum Gasteiger partial charge on any atom is 0.0843 e. The van der Waals surface area contributed by atoms with E-state index in [1.165, 1.54) is 0 Å². The maximum atomic E-state index is 6.20. The number of nitrogens with one attached hydrogen (secondary N) is 1. The van der Waals surface area contributed by atoms with Crippen LogP contribution in [0.2, 0.25) is 10.0 Å². The van der Waals surface area contributed by atoms with E-state index in [-0.39, 0.29) is 6.04 Å². The van der Waals surface area contributed by atoms with Crippen LogP contribution in [-0.2, 0) is 6.42 Å². The lowest BCUT2D eigenvalue weighted by Gasteiger charge is -2.15. The minimum Gasteiger partial charge on any atom is -0.271 e. The highest BCUT2D eigenvalue weighted by Crippen LogP contribution is 2.37. The fourth-order valence-electron chi connectivity index (χ4n) is 1.70. The maximum absolute atomic E-state index is 6.20. The second-order valence-electron chi connectivity index (χ2n) is 3.91. The second-order valence-corrected chi connectivity index (χ2v) is 7.95. The van der Waals surface area contributed by atoms with Gasteiger partial charge in [-0.05, 0) is 56.0 Å². The third-order valence-corrected chi connectivity index (χ3v) is 6.89. The van der Waals surface area contributed by atoms with Crippen LogP contribution in [0, 0.1) is 0 Å². The Kier molecular flexibility index (Phi) is 5.72. The highest BCUT2D eigenvalue weighted by atomic mass is 79.9. The standard InChI is InChI=1S/C12H10Br2Cl2N2S/c13-7-5-10(19-12(7)14)9(18-17)4-6-2-1-3-8(15)11(6)16/h1-3,5,9,18H,4,17H2. The molecule has 19 heavy (non-hydrogen) atoms. The van der Waals surface area contributed by atoms with Crippen molar-refractivity contribution < 1.29 is 0 Å². The van der Waals surface area contributed by atoms with Gasteiger partial charge in [-0.15, -0.1) is 11.3 Å². The van der Waals surface area contributed by atoms with Gasteiger partial charge in [-0.3, -0.25) is 11.3 Å². The largest absolute Gasteiger partial charge is 0.271 e. The zero-order valence-corrected chi connectivity index (χ0v) is 15.1. The summed E-state index contributed by atoms with van der Waals surface area (Å²) in [6, 6.07) is 7.64. The van der Waals surface area contributed by atoms with Crippen molar-refractivity contribution in [1.29, 1.82) is 0 Å². The first kappa shape index (κ1) is 15.8. The lowest BCUT2D eigenvalue weighted by Crippen LogP contribution is -2.29. The highest BCUT2D eigenvalue weighted by molar-refractivity contribution is 9.13. The van der Waals surface area contributed by atoms with Crippen molar-refractivity contribution in [3.8, 4) is 0 Å². The van der Waals surface area contributed by atoms with Crippen LogP contribution in [0.25, 0.3) is 0 Å². The molecule has 7 heteroatoms. The molecule has 0 saturated heterocycles. The molecule has 3 N–H and O–H groups in total. The van der Waals surface area contributed by atoms with Gasteiger partial charge in [0.1, 0.15) is 0 Å². The van der Waals surface area contributed by atoms with E-state index in [1.54, 1.807) is 17.4 Å². The Labute approximate surface area is 142 Å². The molecule has 0 radical (unpaired) electrons. The molecule has 0 spiro atoms. The molecule has 102 valence electrons. The van der Waals surface area contributed by atoms with Gasteiger partial charge in [0.2, 0.25) is 0 Å². The van der Waals surface area contributed by atoms with E-state index in [4.69, 9.17) is 29.0 Å². The number of hydrazine groups is 1. The summed E-state index contributed by atoms with van der Waals surface area (Å²) in [5, 5.41) is 1.14. The zero-order valence-electron chi connectivity index (χ0n) is 9.59. The predicted octanol–water partition coefficient (Wildman–Crippen LogP) is 5.33. The van der Waals surface area contributed by atoms with Crippen LogP contribution in [-0.4, -0.2) is 0 Å². The van der Waals surface area contributed by atoms with Crippen LogP contribution >= 0.6 is 66.4 Å². The van der Waals surface area contributed by atoms with Crippen LogP contribution < -0.4 is 11.3 Å². The molecular formula is C12H10Br2Cl2N2S. The van der Waals surface area contributed by atoms with Crippen molar-refractivity contribution in [3.63, 3.8) is 0 Å². The molecule has 1 heterocycles. The number of benzene rings is 1. The van der Waals surface area contributed by atoms with Gasteiger partial charge in [0, 0.05) is 9.35 Å². The van der Waals surface area contributed by atoms with Gasteiger partial charge >= 0.3 is 0 Å². The summed E-state index contributed by atoms with van der Waals surface area (Å²) < 4.78 is 2.06. The van der Waals surface area contributed by atoms with Crippen molar-refractivity contribution in [2.75, 3.05) is 0 Å². The van der Waals surface area contributed by atoms with E-state index in [2.05, 4.69) is 37.3 Å². The summed E-state index contributed by atoms with van der Waals surface area (Å²) in [7, 11) is 0. The molecular weight excluding hydrogens is 435 g/mol. The molecule has 0 fully saturated rings. The lowest BCUT2D eigenvalue weighted by atomic mass is 10.1. The van der Waals surface area contributed by atoms with Crippen molar-refractivity contribution in [3.05, 3.63) is 53.0 Å². The molecule has 2 rings (SSSR count). The lowest BCUT2D eigenvalue weighted by molar-refractivity contribution is 0.560. The first-order valence-corrected chi connectivity index (χ1v) is 8.52. The quantitative estimate of drug-likeness (QED) is 0.494. The van der Waals surface area contributed by atoms with E-state index < -0.39 is 0 Å². The molecule has 1 aromatic carbocycles. The number of nitrogens with two attached hydrogens (primary N) is 1. The minimum absolute atomic E-state index is 0.0106. The van der Waals surface area contributed by atoms with Crippen LogP contribution in [0.15, 0.2) is 32.5 Å². The topological polar surface area (TPSA) is 38.0 Å². The number of rotatable bonds is 4. The van der Waals surface area contributed by atoms with Crippen LogP contribution in [0.1, 0.15) is 16.5 Å². The van der Waals surface area contributed by atoms with Crippen molar-refractivity contribution >= 4 is 66.4 Å². The van der Waals surface area contributed by atoms with Crippen molar-refractivity contribution in [1.82, 2.24) is 5.43 Å².